The van der Waals surface area contributed by atoms with Gasteiger partial charge in [-0.05, 0) is 36.7 Å². The van der Waals surface area contributed by atoms with Crippen molar-refractivity contribution in [2.45, 2.75) is 53.0 Å². The van der Waals surface area contributed by atoms with E-state index in [0.717, 1.165) is 49.2 Å². The molecule has 0 unspecified atom stereocenters. The molecule has 2 amide bonds. The SMILES string of the molecule is CC(=O)N1CCC[C@H](CC(=O)Nc2cc(-c3cnn4c3CC(C)(C)C4)c(Cl)cn2)C1. The van der Waals surface area contributed by atoms with Gasteiger partial charge in [0.2, 0.25) is 11.8 Å². The molecule has 1 saturated heterocycles. The Labute approximate surface area is 181 Å². The van der Waals surface area contributed by atoms with Crippen molar-refractivity contribution in [3.05, 3.63) is 29.2 Å². The van der Waals surface area contributed by atoms with Gasteiger partial charge in [0.25, 0.3) is 0 Å². The fourth-order valence-corrected chi connectivity index (χ4v) is 4.77. The van der Waals surface area contributed by atoms with Gasteiger partial charge in [0.05, 0.1) is 11.2 Å². The molecule has 4 heterocycles. The van der Waals surface area contributed by atoms with Crippen molar-refractivity contribution in [2.24, 2.45) is 11.3 Å². The molecule has 2 aromatic rings. The number of nitrogens with zero attached hydrogens (tertiary/aromatic N) is 4. The van der Waals surface area contributed by atoms with Crippen molar-refractivity contribution in [1.29, 1.82) is 0 Å². The van der Waals surface area contributed by atoms with Crippen LogP contribution in [0, 0.1) is 11.3 Å². The summed E-state index contributed by atoms with van der Waals surface area (Å²) in [6.07, 6.45) is 6.61. The molecule has 0 spiro atoms. The Balaban J connectivity index is 1.47. The largest absolute Gasteiger partial charge is 0.343 e. The normalized spacial score (nSPS) is 20.1. The Morgan fingerprint density at radius 3 is 2.87 bits per heavy atom. The zero-order valence-electron chi connectivity index (χ0n) is 17.7. The van der Waals surface area contributed by atoms with Gasteiger partial charge in [-0.2, -0.15) is 5.10 Å². The zero-order valence-corrected chi connectivity index (χ0v) is 18.5. The molecular weight excluding hydrogens is 402 g/mol. The van der Waals surface area contributed by atoms with Crippen molar-refractivity contribution < 1.29 is 9.59 Å². The first-order valence-corrected chi connectivity index (χ1v) is 10.9. The van der Waals surface area contributed by atoms with Crippen molar-refractivity contribution in [3.63, 3.8) is 0 Å². The fraction of sp³-hybridized carbons (Fsp3) is 0.545. The van der Waals surface area contributed by atoms with Crippen molar-refractivity contribution >= 4 is 29.2 Å². The number of carbonyl (C=O) groups excluding carboxylic acids is 2. The first-order valence-electron chi connectivity index (χ1n) is 10.5. The van der Waals surface area contributed by atoms with Crippen LogP contribution in [0.2, 0.25) is 5.02 Å². The number of fused-ring (bicyclic) bond motifs is 1. The van der Waals surface area contributed by atoms with Crippen LogP contribution in [0.4, 0.5) is 5.82 Å². The summed E-state index contributed by atoms with van der Waals surface area (Å²) in [5.74, 6) is 0.639. The lowest BCUT2D eigenvalue weighted by molar-refractivity contribution is -0.131. The number of aromatic nitrogens is 3. The van der Waals surface area contributed by atoms with Crippen LogP contribution in [-0.2, 0) is 22.6 Å². The van der Waals surface area contributed by atoms with Gasteiger partial charge in [-0.25, -0.2) is 4.98 Å². The third-order valence-corrected chi connectivity index (χ3v) is 6.33. The van der Waals surface area contributed by atoms with E-state index in [4.69, 9.17) is 11.6 Å². The van der Waals surface area contributed by atoms with Crippen molar-refractivity contribution in [1.82, 2.24) is 19.7 Å². The third kappa shape index (κ3) is 4.36. The van der Waals surface area contributed by atoms with Crippen LogP contribution in [0.5, 0.6) is 0 Å². The molecule has 1 atom stereocenters. The van der Waals surface area contributed by atoms with Gasteiger partial charge in [-0.1, -0.05) is 25.4 Å². The topological polar surface area (TPSA) is 80.1 Å². The van der Waals surface area contributed by atoms with Gasteiger partial charge in [0, 0.05) is 56.0 Å². The summed E-state index contributed by atoms with van der Waals surface area (Å²) in [6.45, 7) is 8.33. The van der Waals surface area contributed by atoms with Crippen molar-refractivity contribution in [3.8, 4) is 11.1 Å². The summed E-state index contributed by atoms with van der Waals surface area (Å²) >= 11 is 6.45. The molecule has 0 radical (unpaired) electrons. The average molecular weight is 430 g/mol. The fourth-order valence-electron chi connectivity index (χ4n) is 4.56. The van der Waals surface area contributed by atoms with Crippen LogP contribution in [0.1, 0.15) is 45.7 Å². The second-order valence-electron chi connectivity index (χ2n) is 9.28. The van der Waals surface area contributed by atoms with Gasteiger partial charge >= 0.3 is 0 Å². The number of hydrogen-bond donors (Lipinski definition) is 1. The molecule has 0 bridgehead atoms. The molecule has 0 saturated carbocycles. The number of nitrogens with one attached hydrogen (secondary N) is 1. The highest BCUT2D eigenvalue weighted by Crippen LogP contribution is 2.39. The molecule has 160 valence electrons. The van der Waals surface area contributed by atoms with Crippen LogP contribution in [-0.4, -0.2) is 44.6 Å². The van der Waals surface area contributed by atoms with Crippen molar-refractivity contribution in [2.75, 3.05) is 18.4 Å². The predicted molar refractivity (Wildman–Crippen MR) is 116 cm³/mol. The molecule has 1 fully saturated rings. The Kier molecular flexibility index (Phi) is 5.57. The smallest absolute Gasteiger partial charge is 0.225 e. The molecule has 7 nitrogen and oxygen atoms in total. The van der Waals surface area contributed by atoms with Crippen LogP contribution in [0.15, 0.2) is 18.5 Å². The molecule has 8 heteroatoms. The minimum atomic E-state index is -0.0902. The molecule has 0 aromatic carbocycles. The highest BCUT2D eigenvalue weighted by Gasteiger charge is 2.32. The van der Waals surface area contributed by atoms with E-state index in [0.29, 0.717) is 23.8 Å². The minimum Gasteiger partial charge on any atom is -0.343 e. The number of halogens is 1. The Morgan fingerprint density at radius 1 is 1.30 bits per heavy atom. The van der Waals surface area contributed by atoms with Crippen LogP contribution in [0.25, 0.3) is 11.1 Å². The summed E-state index contributed by atoms with van der Waals surface area (Å²) in [5.41, 5.74) is 3.16. The van der Waals surface area contributed by atoms with Gasteiger partial charge in [0.15, 0.2) is 0 Å². The summed E-state index contributed by atoms with van der Waals surface area (Å²) in [7, 11) is 0. The van der Waals surface area contributed by atoms with E-state index in [1.54, 1.807) is 13.1 Å². The molecule has 0 aliphatic carbocycles. The van der Waals surface area contributed by atoms with E-state index in [1.165, 1.54) is 0 Å². The van der Waals surface area contributed by atoms with Gasteiger partial charge < -0.3 is 10.2 Å². The number of anilines is 1. The molecule has 2 aliphatic heterocycles. The summed E-state index contributed by atoms with van der Waals surface area (Å²) in [4.78, 5) is 30.3. The maximum Gasteiger partial charge on any atom is 0.225 e. The molecule has 30 heavy (non-hydrogen) atoms. The second-order valence-corrected chi connectivity index (χ2v) is 9.69. The highest BCUT2D eigenvalue weighted by molar-refractivity contribution is 6.33. The van der Waals surface area contributed by atoms with Crippen LogP contribution in [0.3, 0.4) is 0 Å². The lowest BCUT2D eigenvalue weighted by Crippen LogP contribution is -2.39. The van der Waals surface area contributed by atoms with E-state index in [9.17, 15) is 9.59 Å². The maximum atomic E-state index is 12.6. The Morgan fingerprint density at radius 2 is 2.10 bits per heavy atom. The number of rotatable bonds is 4. The first kappa shape index (κ1) is 20.8. The maximum absolute atomic E-state index is 12.6. The minimum absolute atomic E-state index is 0.0704. The number of amides is 2. The molecule has 2 aliphatic rings. The quantitative estimate of drug-likeness (QED) is 0.802. The Hall–Kier alpha value is -2.41. The van der Waals surface area contributed by atoms with E-state index < -0.39 is 0 Å². The van der Waals surface area contributed by atoms with E-state index in [2.05, 4.69) is 29.2 Å². The Bertz CT molecular complexity index is 984. The zero-order chi connectivity index (χ0) is 21.5. The van der Waals surface area contributed by atoms with Gasteiger partial charge in [0.1, 0.15) is 5.82 Å². The summed E-state index contributed by atoms with van der Waals surface area (Å²) in [6, 6.07) is 1.83. The monoisotopic (exact) mass is 429 g/mol. The lowest BCUT2D eigenvalue weighted by Gasteiger charge is -2.31. The van der Waals surface area contributed by atoms with E-state index in [-0.39, 0.29) is 23.1 Å². The second kappa shape index (κ2) is 8.02. The molecular formula is C22H28ClN5O2. The van der Waals surface area contributed by atoms with E-state index in [1.807, 2.05) is 21.8 Å². The number of pyridine rings is 1. The lowest BCUT2D eigenvalue weighted by atomic mass is 9.89. The average Bonchev–Trinajstić information content (AvgIpc) is 3.18. The molecule has 4 rings (SSSR count). The van der Waals surface area contributed by atoms with Gasteiger partial charge in [-0.3, -0.25) is 14.3 Å². The van der Waals surface area contributed by atoms with Gasteiger partial charge in [-0.15, -0.1) is 0 Å². The number of carbonyl (C=O) groups is 2. The highest BCUT2D eigenvalue weighted by atomic mass is 35.5. The number of hydrogen-bond acceptors (Lipinski definition) is 4. The van der Waals surface area contributed by atoms with Crippen LogP contribution >= 0.6 is 11.6 Å². The summed E-state index contributed by atoms with van der Waals surface area (Å²) < 4.78 is 2.04. The molecule has 2 aromatic heterocycles. The van der Waals surface area contributed by atoms with Crippen LogP contribution < -0.4 is 5.32 Å². The summed E-state index contributed by atoms with van der Waals surface area (Å²) in [5, 5.41) is 7.96. The number of likely N-dealkylation sites (tertiary alicyclic amines) is 1. The first-order chi connectivity index (χ1) is 14.2. The number of piperidine rings is 1. The standard InChI is InChI=1S/C22H28ClN5O2/c1-14(29)27-6-4-5-15(12-27)7-21(30)26-20-8-16(18(23)11-24-20)17-10-25-28-13-22(2,3)9-19(17)28/h8,10-11,15H,4-7,9,12-13H2,1-3H3,(H,24,26,30)/t15-/m1/s1. The third-order valence-electron chi connectivity index (χ3n) is 6.02. The van der Waals surface area contributed by atoms with E-state index >= 15 is 0 Å². The molecule has 1 N–H and O–H groups in total. The predicted octanol–water partition coefficient (Wildman–Crippen LogP) is 3.77.